The summed E-state index contributed by atoms with van der Waals surface area (Å²) in [6.45, 7) is 6.20. The van der Waals surface area contributed by atoms with Crippen molar-refractivity contribution >= 4 is 26.8 Å². The van der Waals surface area contributed by atoms with E-state index in [1.807, 2.05) is 0 Å². The number of aromatic nitrogens is 1. The van der Waals surface area contributed by atoms with E-state index in [0.29, 0.717) is 5.92 Å². The number of benzene rings is 1. The molecule has 94 valence electrons. The molecule has 1 aromatic carbocycles. The Hall–Kier alpha value is -1.06. The van der Waals surface area contributed by atoms with Crippen molar-refractivity contribution in [2.24, 2.45) is 11.7 Å². The first kappa shape index (κ1) is 12.0. The van der Waals surface area contributed by atoms with Gasteiger partial charge in [-0.1, -0.05) is 28.1 Å². The van der Waals surface area contributed by atoms with Crippen molar-refractivity contribution in [2.75, 3.05) is 0 Å². The Kier molecular flexibility index (Phi) is 2.83. The molecule has 3 N–H and O–H groups in total. The zero-order chi connectivity index (χ0) is 12.9. The number of hydrogen-bond donors (Lipinski definition) is 2. The second-order valence-corrected chi connectivity index (χ2v) is 6.21. The smallest absolute Gasteiger partial charge is 0.0460 e. The summed E-state index contributed by atoms with van der Waals surface area (Å²) in [6.07, 6.45) is 2.05. The van der Waals surface area contributed by atoms with Crippen LogP contribution < -0.4 is 5.73 Å². The summed E-state index contributed by atoms with van der Waals surface area (Å²) < 4.78 is 1.11. The van der Waals surface area contributed by atoms with Crippen molar-refractivity contribution in [1.82, 2.24) is 4.98 Å². The Morgan fingerprint density at radius 2 is 2.28 bits per heavy atom. The highest BCUT2D eigenvalue weighted by atomic mass is 79.9. The van der Waals surface area contributed by atoms with E-state index >= 15 is 0 Å². The van der Waals surface area contributed by atoms with E-state index in [2.05, 4.69) is 52.6 Å². The molecule has 1 heterocycles. The van der Waals surface area contributed by atoms with Crippen LogP contribution in [0.15, 0.2) is 34.8 Å². The summed E-state index contributed by atoms with van der Waals surface area (Å²) in [7, 11) is 0. The van der Waals surface area contributed by atoms with Gasteiger partial charge < -0.3 is 10.7 Å². The SMILES string of the molecule is C=C(C)C1Cc2c([nH]c3ccc(Br)cc23)C(N)C1. The van der Waals surface area contributed by atoms with Crippen LogP contribution in [0.1, 0.15) is 30.6 Å². The fraction of sp³-hybridized carbons (Fsp3) is 0.333. The third kappa shape index (κ3) is 1.82. The predicted molar refractivity (Wildman–Crippen MR) is 79.6 cm³/mol. The largest absolute Gasteiger partial charge is 0.357 e. The molecule has 1 aliphatic rings. The van der Waals surface area contributed by atoms with Gasteiger partial charge in [-0.2, -0.15) is 0 Å². The summed E-state index contributed by atoms with van der Waals surface area (Å²) >= 11 is 3.54. The molecule has 2 nitrogen and oxygen atoms in total. The average molecular weight is 305 g/mol. The van der Waals surface area contributed by atoms with Gasteiger partial charge >= 0.3 is 0 Å². The maximum absolute atomic E-state index is 6.29. The van der Waals surface area contributed by atoms with Crippen LogP contribution >= 0.6 is 15.9 Å². The molecule has 1 aromatic heterocycles. The highest BCUT2D eigenvalue weighted by molar-refractivity contribution is 9.10. The first-order chi connectivity index (χ1) is 8.56. The third-order valence-electron chi connectivity index (χ3n) is 3.96. The van der Waals surface area contributed by atoms with Gasteiger partial charge in [0.1, 0.15) is 0 Å². The summed E-state index contributed by atoms with van der Waals surface area (Å²) in [4.78, 5) is 3.48. The van der Waals surface area contributed by atoms with E-state index in [0.717, 1.165) is 17.3 Å². The van der Waals surface area contributed by atoms with Crippen LogP contribution in [0.25, 0.3) is 10.9 Å². The molecule has 0 saturated carbocycles. The van der Waals surface area contributed by atoms with Gasteiger partial charge in [-0.25, -0.2) is 0 Å². The van der Waals surface area contributed by atoms with Gasteiger partial charge in [-0.05, 0) is 49.4 Å². The maximum atomic E-state index is 6.29. The second-order valence-electron chi connectivity index (χ2n) is 5.30. The average Bonchev–Trinajstić information content (AvgIpc) is 2.68. The zero-order valence-corrected chi connectivity index (χ0v) is 12.0. The molecule has 1 aliphatic carbocycles. The number of halogens is 1. The maximum Gasteiger partial charge on any atom is 0.0460 e. The Balaban J connectivity index is 2.18. The molecule has 0 bridgehead atoms. The quantitative estimate of drug-likeness (QED) is 0.766. The Bertz CT molecular complexity index is 627. The van der Waals surface area contributed by atoms with Crippen LogP contribution in [0.4, 0.5) is 0 Å². The molecular formula is C15H17BrN2. The minimum atomic E-state index is 0.0987. The second kappa shape index (κ2) is 4.25. The number of nitrogens with one attached hydrogen (secondary N) is 1. The molecule has 2 aromatic rings. The molecule has 0 saturated heterocycles. The van der Waals surface area contributed by atoms with Gasteiger partial charge in [0.15, 0.2) is 0 Å². The van der Waals surface area contributed by atoms with Crippen LogP contribution in [-0.2, 0) is 6.42 Å². The number of aromatic amines is 1. The van der Waals surface area contributed by atoms with Crippen LogP contribution in [0, 0.1) is 5.92 Å². The van der Waals surface area contributed by atoms with Gasteiger partial charge in [0.25, 0.3) is 0 Å². The number of hydrogen-bond acceptors (Lipinski definition) is 1. The van der Waals surface area contributed by atoms with Gasteiger partial charge in [0.2, 0.25) is 0 Å². The van der Waals surface area contributed by atoms with Crippen molar-refractivity contribution in [3.8, 4) is 0 Å². The van der Waals surface area contributed by atoms with Crippen LogP contribution in [0.3, 0.4) is 0 Å². The van der Waals surface area contributed by atoms with Crippen LogP contribution in [0.5, 0.6) is 0 Å². The van der Waals surface area contributed by atoms with E-state index in [1.54, 1.807) is 0 Å². The minimum absolute atomic E-state index is 0.0987. The number of H-pyrrole nitrogens is 1. The lowest BCUT2D eigenvalue weighted by atomic mass is 9.80. The van der Waals surface area contributed by atoms with E-state index in [1.165, 1.54) is 27.7 Å². The topological polar surface area (TPSA) is 41.8 Å². The minimum Gasteiger partial charge on any atom is -0.357 e. The number of fused-ring (bicyclic) bond motifs is 3. The highest BCUT2D eigenvalue weighted by Crippen LogP contribution is 2.39. The monoisotopic (exact) mass is 304 g/mol. The number of allylic oxidation sites excluding steroid dienone is 1. The molecule has 3 rings (SSSR count). The number of nitrogens with two attached hydrogens (primary N) is 1. The van der Waals surface area contributed by atoms with E-state index in [-0.39, 0.29) is 6.04 Å². The summed E-state index contributed by atoms with van der Waals surface area (Å²) in [5.41, 5.74) is 11.3. The van der Waals surface area contributed by atoms with Gasteiger partial charge in [-0.3, -0.25) is 0 Å². The van der Waals surface area contributed by atoms with Crippen molar-refractivity contribution in [2.45, 2.75) is 25.8 Å². The third-order valence-corrected chi connectivity index (χ3v) is 4.45. The fourth-order valence-corrected chi connectivity index (χ4v) is 3.27. The van der Waals surface area contributed by atoms with Crippen LogP contribution in [-0.4, -0.2) is 4.98 Å². The fourth-order valence-electron chi connectivity index (χ4n) is 2.91. The Morgan fingerprint density at radius 1 is 1.50 bits per heavy atom. The van der Waals surface area contributed by atoms with Gasteiger partial charge in [-0.15, -0.1) is 0 Å². The Labute approximate surface area is 115 Å². The summed E-state index contributed by atoms with van der Waals surface area (Å²) in [5, 5.41) is 1.29. The van der Waals surface area contributed by atoms with E-state index < -0.39 is 0 Å². The molecular weight excluding hydrogens is 288 g/mol. The van der Waals surface area contributed by atoms with Gasteiger partial charge in [0, 0.05) is 27.1 Å². The van der Waals surface area contributed by atoms with Crippen molar-refractivity contribution in [3.05, 3.63) is 46.1 Å². The number of rotatable bonds is 1. The molecule has 3 heteroatoms. The predicted octanol–water partition coefficient (Wildman–Crippen LogP) is 4.07. The van der Waals surface area contributed by atoms with E-state index in [9.17, 15) is 0 Å². The van der Waals surface area contributed by atoms with E-state index in [4.69, 9.17) is 5.73 Å². The molecule has 0 spiro atoms. The molecule has 2 atom stereocenters. The summed E-state index contributed by atoms with van der Waals surface area (Å²) in [5.74, 6) is 0.505. The summed E-state index contributed by atoms with van der Waals surface area (Å²) in [6, 6.07) is 6.45. The van der Waals surface area contributed by atoms with Crippen molar-refractivity contribution in [1.29, 1.82) is 0 Å². The molecule has 0 aliphatic heterocycles. The first-order valence-electron chi connectivity index (χ1n) is 6.27. The highest BCUT2D eigenvalue weighted by Gasteiger charge is 2.28. The molecule has 0 amide bonds. The standard InChI is InChI=1S/C15H17BrN2/c1-8(2)9-5-12-11-7-10(16)3-4-14(11)18-15(12)13(17)6-9/h3-4,7,9,13,18H,1,5-6,17H2,2H3. The van der Waals surface area contributed by atoms with Crippen molar-refractivity contribution in [3.63, 3.8) is 0 Å². The lowest BCUT2D eigenvalue weighted by molar-refractivity contribution is 0.456. The molecule has 2 unspecified atom stereocenters. The molecule has 18 heavy (non-hydrogen) atoms. The zero-order valence-electron chi connectivity index (χ0n) is 10.5. The lowest BCUT2D eigenvalue weighted by Crippen LogP contribution is -2.24. The lowest BCUT2D eigenvalue weighted by Gasteiger charge is -2.27. The van der Waals surface area contributed by atoms with Crippen LogP contribution in [0.2, 0.25) is 0 Å². The molecule has 0 radical (unpaired) electrons. The normalized spacial score (nSPS) is 23.1. The Morgan fingerprint density at radius 3 is 3.00 bits per heavy atom. The first-order valence-corrected chi connectivity index (χ1v) is 7.06. The van der Waals surface area contributed by atoms with Gasteiger partial charge in [0.05, 0.1) is 0 Å². The molecule has 0 fully saturated rings. The van der Waals surface area contributed by atoms with Crippen molar-refractivity contribution < 1.29 is 0 Å².